The number of hydrogen-bond acceptors (Lipinski definition) is 5. The number of nitrogens with zero attached hydrogens (tertiary/aromatic N) is 1. The maximum absolute atomic E-state index is 15.0. The molecule has 4 rings (SSSR count). The molecule has 1 aliphatic heterocycles. The summed E-state index contributed by atoms with van der Waals surface area (Å²) in [5, 5.41) is 6.22. The Morgan fingerprint density at radius 2 is 1.94 bits per heavy atom. The number of benzene rings is 2. The summed E-state index contributed by atoms with van der Waals surface area (Å²) in [5.41, 5.74) is 1.90. The fraction of sp³-hybridized carbons (Fsp3) is 0.222. The molecule has 1 aromatic heterocycles. The topological polar surface area (TPSA) is 74.6 Å². The van der Waals surface area contributed by atoms with Crippen molar-refractivity contribution in [3.05, 3.63) is 84.4 Å². The number of rotatable bonds is 6. The standard InChI is InChI=1S/C27H26FN3O3S/c1-3-6-18(2)27(17-32)11-13-31(14-12-27)22-10-9-20(16-21(22)28)29-26(35)30-25(33)24-15-19-7-4-5-8-23(19)34-24/h3-10,15-17H,1,11-14H2,2H3,(H2,29,30,33,35)/b18-6+. The molecule has 2 N–H and O–H groups in total. The van der Waals surface area contributed by atoms with Crippen LogP contribution < -0.4 is 15.5 Å². The second kappa shape index (κ2) is 10.2. The van der Waals surface area contributed by atoms with Crippen LogP contribution in [0.5, 0.6) is 0 Å². The van der Waals surface area contributed by atoms with Gasteiger partial charge in [-0.15, -0.1) is 0 Å². The van der Waals surface area contributed by atoms with Crippen molar-refractivity contribution in [3.63, 3.8) is 0 Å². The molecule has 1 amide bonds. The first kappa shape index (κ1) is 24.3. The van der Waals surface area contributed by atoms with E-state index in [1.54, 1.807) is 30.3 Å². The number of thiocarbonyl (C=S) groups is 1. The van der Waals surface area contributed by atoms with E-state index in [1.807, 2.05) is 36.1 Å². The van der Waals surface area contributed by atoms with E-state index in [9.17, 15) is 14.0 Å². The Balaban J connectivity index is 1.38. The third-order valence-electron chi connectivity index (χ3n) is 6.46. The van der Waals surface area contributed by atoms with Crippen LogP contribution in [0.1, 0.15) is 30.3 Å². The number of furan rings is 1. The van der Waals surface area contributed by atoms with Gasteiger partial charge in [-0.05, 0) is 62.3 Å². The van der Waals surface area contributed by atoms with E-state index >= 15 is 0 Å². The summed E-state index contributed by atoms with van der Waals surface area (Å²) >= 11 is 5.22. The van der Waals surface area contributed by atoms with Gasteiger partial charge < -0.3 is 19.4 Å². The maximum Gasteiger partial charge on any atom is 0.293 e. The first-order valence-electron chi connectivity index (χ1n) is 11.3. The van der Waals surface area contributed by atoms with E-state index < -0.39 is 17.1 Å². The van der Waals surface area contributed by atoms with E-state index in [4.69, 9.17) is 16.6 Å². The minimum atomic E-state index is -0.535. The van der Waals surface area contributed by atoms with E-state index in [-0.39, 0.29) is 10.9 Å². The number of para-hydroxylation sites is 1. The zero-order valence-corrected chi connectivity index (χ0v) is 20.2. The molecular formula is C27H26FN3O3S. The van der Waals surface area contributed by atoms with Crippen LogP contribution in [0.4, 0.5) is 15.8 Å². The van der Waals surface area contributed by atoms with Gasteiger partial charge in [-0.25, -0.2) is 4.39 Å². The molecule has 2 aromatic carbocycles. The highest BCUT2D eigenvalue weighted by Crippen LogP contribution is 2.38. The predicted octanol–water partition coefficient (Wildman–Crippen LogP) is 5.62. The average molecular weight is 492 g/mol. The number of halogens is 1. The molecule has 0 unspecified atom stereocenters. The molecule has 35 heavy (non-hydrogen) atoms. The Kier molecular flexibility index (Phi) is 7.12. The van der Waals surface area contributed by atoms with Gasteiger partial charge in [0.1, 0.15) is 17.7 Å². The Morgan fingerprint density at radius 3 is 2.60 bits per heavy atom. The van der Waals surface area contributed by atoms with Gasteiger partial charge in [-0.1, -0.05) is 42.5 Å². The molecule has 1 saturated heterocycles. The first-order valence-corrected chi connectivity index (χ1v) is 11.7. The molecule has 1 fully saturated rings. The van der Waals surface area contributed by atoms with Gasteiger partial charge in [-0.2, -0.15) is 0 Å². The van der Waals surface area contributed by atoms with Crippen molar-refractivity contribution in [1.29, 1.82) is 0 Å². The van der Waals surface area contributed by atoms with Crippen LogP contribution in [0.15, 0.2) is 77.3 Å². The zero-order valence-electron chi connectivity index (χ0n) is 19.3. The van der Waals surface area contributed by atoms with Crippen LogP contribution in [0, 0.1) is 11.2 Å². The quantitative estimate of drug-likeness (QED) is 0.265. The monoisotopic (exact) mass is 491 g/mol. The highest BCUT2D eigenvalue weighted by atomic mass is 32.1. The number of hydrogen-bond donors (Lipinski definition) is 2. The Hall–Kier alpha value is -3.78. The molecule has 0 saturated carbocycles. The Bertz CT molecular complexity index is 1290. The van der Waals surface area contributed by atoms with Gasteiger partial charge in [0.25, 0.3) is 5.91 Å². The number of anilines is 2. The zero-order chi connectivity index (χ0) is 25.0. The number of nitrogens with one attached hydrogen (secondary N) is 2. The molecule has 8 heteroatoms. The lowest BCUT2D eigenvalue weighted by atomic mass is 9.74. The normalized spacial score (nSPS) is 15.5. The maximum atomic E-state index is 15.0. The summed E-state index contributed by atoms with van der Waals surface area (Å²) in [6, 6.07) is 13.6. The molecule has 0 spiro atoms. The van der Waals surface area contributed by atoms with Crippen molar-refractivity contribution < 1.29 is 18.4 Å². The number of piperidine rings is 1. The SMILES string of the molecule is C=C/C=C(\C)C1(C=O)CCN(c2ccc(NC(=S)NC(=O)c3cc4ccccc4o3)cc2F)CC1. The van der Waals surface area contributed by atoms with Crippen LogP contribution in [0.25, 0.3) is 11.0 Å². The van der Waals surface area contributed by atoms with Crippen LogP contribution in [0.2, 0.25) is 0 Å². The molecule has 0 bridgehead atoms. The van der Waals surface area contributed by atoms with Gasteiger partial charge in [0, 0.05) is 24.2 Å². The number of carbonyl (C=O) groups is 2. The molecule has 6 nitrogen and oxygen atoms in total. The minimum Gasteiger partial charge on any atom is -0.451 e. The molecule has 0 aliphatic carbocycles. The van der Waals surface area contributed by atoms with Crippen molar-refractivity contribution in [3.8, 4) is 0 Å². The summed E-state index contributed by atoms with van der Waals surface area (Å²) in [4.78, 5) is 26.2. The number of aldehydes is 1. The fourth-order valence-electron chi connectivity index (χ4n) is 4.36. The average Bonchev–Trinajstić information content (AvgIpc) is 3.29. The second-order valence-corrected chi connectivity index (χ2v) is 8.98. The summed E-state index contributed by atoms with van der Waals surface area (Å²) in [7, 11) is 0. The summed E-state index contributed by atoms with van der Waals surface area (Å²) < 4.78 is 20.5. The lowest BCUT2D eigenvalue weighted by Gasteiger charge is -2.40. The van der Waals surface area contributed by atoms with E-state index in [0.717, 1.165) is 17.2 Å². The first-order chi connectivity index (χ1) is 16.8. The largest absolute Gasteiger partial charge is 0.451 e. The minimum absolute atomic E-state index is 0.0285. The van der Waals surface area contributed by atoms with Crippen molar-refractivity contribution in [2.24, 2.45) is 5.41 Å². The Morgan fingerprint density at radius 1 is 1.20 bits per heavy atom. The Labute approximate surface area is 208 Å². The summed E-state index contributed by atoms with van der Waals surface area (Å²) in [6.45, 7) is 6.75. The molecule has 0 atom stereocenters. The molecule has 1 aliphatic rings. The van der Waals surface area contributed by atoms with Crippen molar-refractivity contribution in [1.82, 2.24) is 5.32 Å². The lowest BCUT2D eigenvalue weighted by Crippen LogP contribution is -2.42. The highest BCUT2D eigenvalue weighted by molar-refractivity contribution is 7.80. The molecular weight excluding hydrogens is 465 g/mol. The fourth-order valence-corrected chi connectivity index (χ4v) is 4.57. The van der Waals surface area contributed by atoms with E-state index in [0.29, 0.717) is 42.9 Å². The number of allylic oxidation sites excluding steroid dienone is 3. The second-order valence-electron chi connectivity index (χ2n) is 8.57. The van der Waals surface area contributed by atoms with E-state index in [1.165, 1.54) is 6.07 Å². The third kappa shape index (κ3) is 5.17. The molecule has 3 aromatic rings. The lowest BCUT2D eigenvalue weighted by molar-refractivity contribution is -0.115. The van der Waals surface area contributed by atoms with Gasteiger partial charge in [-0.3, -0.25) is 10.1 Å². The van der Waals surface area contributed by atoms with Crippen molar-refractivity contribution in [2.75, 3.05) is 23.3 Å². The smallest absolute Gasteiger partial charge is 0.293 e. The van der Waals surface area contributed by atoms with Crippen LogP contribution in [-0.2, 0) is 4.79 Å². The number of fused-ring (bicyclic) bond motifs is 1. The molecule has 180 valence electrons. The number of carbonyl (C=O) groups excluding carboxylic acids is 2. The van der Waals surface area contributed by atoms with E-state index in [2.05, 4.69) is 17.2 Å². The van der Waals surface area contributed by atoms with Gasteiger partial charge in [0.15, 0.2) is 10.9 Å². The highest BCUT2D eigenvalue weighted by Gasteiger charge is 2.36. The van der Waals surface area contributed by atoms with Crippen molar-refractivity contribution >= 4 is 51.9 Å². The van der Waals surface area contributed by atoms with Crippen LogP contribution >= 0.6 is 12.2 Å². The number of amides is 1. The van der Waals surface area contributed by atoms with Gasteiger partial charge >= 0.3 is 0 Å². The van der Waals surface area contributed by atoms with Gasteiger partial charge in [0.2, 0.25) is 0 Å². The predicted molar refractivity (Wildman–Crippen MR) is 140 cm³/mol. The molecule has 2 heterocycles. The van der Waals surface area contributed by atoms with Gasteiger partial charge in [0.05, 0.1) is 11.1 Å². The van der Waals surface area contributed by atoms with Crippen LogP contribution in [0.3, 0.4) is 0 Å². The summed E-state index contributed by atoms with van der Waals surface area (Å²) in [5.74, 6) is -0.784. The third-order valence-corrected chi connectivity index (χ3v) is 6.66. The van der Waals surface area contributed by atoms with Crippen LogP contribution in [-0.4, -0.2) is 30.4 Å². The van der Waals surface area contributed by atoms with Crippen molar-refractivity contribution in [2.45, 2.75) is 19.8 Å². The summed E-state index contributed by atoms with van der Waals surface area (Å²) in [6.07, 6.45) is 5.75. The molecule has 0 radical (unpaired) electrons.